The van der Waals surface area contributed by atoms with Crippen molar-refractivity contribution in [1.29, 1.82) is 0 Å². The van der Waals surface area contributed by atoms with Gasteiger partial charge in [0.15, 0.2) is 0 Å². The number of aromatic amines is 1. The first-order valence-electron chi connectivity index (χ1n) is 6.97. The Bertz CT molecular complexity index is 655. The maximum Gasteiger partial charge on any atom is 0.258 e. The van der Waals surface area contributed by atoms with Gasteiger partial charge in [-0.3, -0.25) is 9.69 Å². The third kappa shape index (κ3) is 3.07. The van der Waals surface area contributed by atoms with Gasteiger partial charge >= 0.3 is 0 Å². The number of para-hydroxylation sites is 1. The van der Waals surface area contributed by atoms with Crippen LogP contribution in [0.15, 0.2) is 29.1 Å². The van der Waals surface area contributed by atoms with E-state index in [1.54, 1.807) is 6.07 Å². The van der Waals surface area contributed by atoms with Gasteiger partial charge in [-0.25, -0.2) is 4.98 Å². The number of hydrogen-bond donors (Lipinski definition) is 1. The number of nitrogens with one attached hydrogen (secondary N) is 1. The van der Waals surface area contributed by atoms with Gasteiger partial charge in [0.25, 0.3) is 5.56 Å². The summed E-state index contributed by atoms with van der Waals surface area (Å²) in [4.78, 5) is 21.7. The molecule has 1 aromatic heterocycles. The molecule has 4 nitrogen and oxygen atoms in total. The van der Waals surface area contributed by atoms with E-state index in [0.717, 1.165) is 5.52 Å². The van der Waals surface area contributed by atoms with Gasteiger partial charge in [0.05, 0.1) is 17.4 Å². The zero-order chi connectivity index (χ0) is 14.9. The minimum Gasteiger partial charge on any atom is -0.309 e. The van der Waals surface area contributed by atoms with Gasteiger partial charge in [0, 0.05) is 6.04 Å². The predicted molar refractivity (Wildman–Crippen MR) is 82.7 cm³/mol. The van der Waals surface area contributed by atoms with Crippen molar-refractivity contribution in [3.63, 3.8) is 0 Å². The molecule has 0 saturated heterocycles. The maximum absolute atomic E-state index is 12.0. The Kier molecular flexibility index (Phi) is 3.95. The van der Waals surface area contributed by atoms with Crippen LogP contribution in [-0.2, 0) is 6.54 Å². The summed E-state index contributed by atoms with van der Waals surface area (Å²) in [5.41, 5.74) is 0.872. The van der Waals surface area contributed by atoms with Gasteiger partial charge in [-0.1, -0.05) is 32.9 Å². The minimum absolute atomic E-state index is 0.0672. The van der Waals surface area contributed by atoms with E-state index >= 15 is 0 Å². The van der Waals surface area contributed by atoms with Gasteiger partial charge in [-0.15, -0.1) is 0 Å². The Hall–Kier alpha value is -1.68. The number of aromatic nitrogens is 2. The second-order valence-electron chi connectivity index (χ2n) is 6.49. The van der Waals surface area contributed by atoms with Gasteiger partial charge < -0.3 is 4.98 Å². The summed E-state index contributed by atoms with van der Waals surface area (Å²) in [5.74, 6) is 0.715. The third-order valence-electron chi connectivity index (χ3n) is 3.98. The number of rotatable bonds is 3. The summed E-state index contributed by atoms with van der Waals surface area (Å²) < 4.78 is 0. The molecule has 0 spiro atoms. The summed E-state index contributed by atoms with van der Waals surface area (Å²) in [6.07, 6.45) is 0. The summed E-state index contributed by atoms with van der Waals surface area (Å²) in [7, 11) is 2.06. The Morgan fingerprint density at radius 1 is 1.30 bits per heavy atom. The molecule has 0 amide bonds. The van der Waals surface area contributed by atoms with Crippen molar-refractivity contribution in [1.82, 2.24) is 14.9 Å². The molecule has 1 aromatic carbocycles. The largest absolute Gasteiger partial charge is 0.309 e. The zero-order valence-corrected chi connectivity index (χ0v) is 12.9. The van der Waals surface area contributed by atoms with Crippen LogP contribution in [0.25, 0.3) is 10.9 Å². The Labute approximate surface area is 119 Å². The van der Waals surface area contributed by atoms with Crippen molar-refractivity contribution in [2.75, 3.05) is 7.05 Å². The molecule has 0 fully saturated rings. The topological polar surface area (TPSA) is 49.0 Å². The van der Waals surface area contributed by atoms with Crippen molar-refractivity contribution in [2.24, 2.45) is 5.41 Å². The Balaban J connectivity index is 2.29. The number of hydrogen-bond acceptors (Lipinski definition) is 3. The standard InChI is InChI=1S/C16H23N3O/c1-11(16(2,3)4)19(5)10-14-17-13-9-7-6-8-12(13)15(20)18-14/h6-9,11H,10H2,1-5H3,(H,17,18,20)/t11-/m1/s1. The highest BCUT2D eigenvalue weighted by atomic mass is 16.1. The molecule has 0 bridgehead atoms. The van der Waals surface area contributed by atoms with E-state index in [9.17, 15) is 4.79 Å². The second kappa shape index (κ2) is 5.37. The van der Waals surface area contributed by atoms with Gasteiger partial charge in [0.2, 0.25) is 0 Å². The molecule has 0 unspecified atom stereocenters. The highest BCUT2D eigenvalue weighted by Crippen LogP contribution is 2.23. The monoisotopic (exact) mass is 273 g/mol. The molecule has 108 valence electrons. The third-order valence-corrected chi connectivity index (χ3v) is 3.98. The molecule has 0 aliphatic rings. The molecule has 0 aliphatic carbocycles. The average Bonchev–Trinajstić information content (AvgIpc) is 2.36. The van der Waals surface area contributed by atoms with Crippen molar-refractivity contribution in [2.45, 2.75) is 40.3 Å². The van der Waals surface area contributed by atoms with Crippen LogP contribution in [0.1, 0.15) is 33.5 Å². The van der Waals surface area contributed by atoms with Gasteiger partial charge in [-0.2, -0.15) is 0 Å². The summed E-state index contributed by atoms with van der Waals surface area (Å²) in [5, 5.41) is 0.641. The molecule has 1 N–H and O–H groups in total. The summed E-state index contributed by atoms with van der Waals surface area (Å²) >= 11 is 0. The first kappa shape index (κ1) is 14.7. The van der Waals surface area contributed by atoms with E-state index in [2.05, 4.69) is 49.6 Å². The summed E-state index contributed by atoms with van der Waals surface area (Å²) in [6, 6.07) is 7.82. The van der Waals surface area contributed by atoms with E-state index in [-0.39, 0.29) is 11.0 Å². The van der Waals surface area contributed by atoms with Crippen molar-refractivity contribution in [3.05, 3.63) is 40.4 Å². The lowest BCUT2D eigenvalue weighted by atomic mass is 9.87. The number of nitrogens with zero attached hydrogens (tertiary/aromatic N) is 2. The quantitative estimate of drug-likeness (QED) is 0.935. The number of fused-ring (bicyclic) bond motifs is 1. The second-order valence-corrected chi connectivity index (χ2v) is 6.49. The van der Waals surface area contributed by atoms with Gasteiger partial charge in [-0.05, 0) is 31.5 Å². The smallest absolute Gasteiger partial charge is 0.258 e. The zero-order valence-electron chi connectivity index (χ0n) is 12.9. The van der Waals surface area contributed by atoms with Crippen molar-refractivity contribution in [3.8, 4) is 0 Å². The predicted octanol–water partition coefficient (Wildman–Crippen LogP) is 2.79. The van der Waals surface area contributed by atoms with Crippen LogP contribution in [0.4, 0.5) is 0 Å². The molecule has 20 heavy (non-hydrogen) atoms. The van der Waals surface area contributed by atoms with Crippen LogP contribution in [0.2, 0.25) is 0 Å². The first-order chi connectivity index (χ1) is 9.29. The lowest BCUT2D eigenvalue weighted by Gasteiger charge is -2.35. The highest BCUT2D eigenvalue weighted by Gasteiger charge is 2.24. The van der Waals surface area contributed by atoms with E-state index in [1.807, 2.05) is 18.2 Å². The molecular formula is C16H23N3O. The summed E-state index contributed by atoms with van der Waals surface area (Å²) in [6.45, 7) is 9.47. The van der Waals surface area contributed by atoms with E-state index in [0.29, 0.717) is 23.8 Å². The minimum atomic E-state index is -0.0672. The van der Waals surface area contributed by atoms with Crippen LogP contribution in [0.3, 0.4) is 0 Å². The molecule has 1 atom stereocenters. The molecule has 2 aromatic rings. The van der Waals surface area contributed by atoms with Crippen LogP contribution in [-0.4, -0.2) is 28.0 Å². The van der Waals surface area contributed by atoms with E-state index in [4.69, 9.17) is 0 Å². The first-order valence-corrected chi connectivity index (χ1v) is 6.97. The molecule has 0 radical (unpaired) electrons. The Morgan fingerprint density at radius 3 is 2.60 bits per heavy atom. The lowest BCUT2D eigenvalue weighted by Crippen LogP contribution is -2.39. The number of benzene rings is 1. The normalized spacial score (nSPS) is 13.9. The molecule has 4 heteroatoms. The molecule has 0 aliphatic heterocycles. The lowest BCUT2D eigenvalue weighted by molar-refractivity contribution is 0.132. The molecule has 1 heterocycles. The van der Waals surface area contributed by atoms with Gasteiger partial charge in [0.1, 0.15) is 5.82 Å². The highest BCUT2D eigenvalue weighted by molar-refractivity contribution is 5.77. The fourth-order valence-corrected chi connectivity index (χ4v) is 2.24. The number of H-pyrrole nitrogens is 1. The van der Waals surface area contributed by atoms with E-state index in [1.165, 1.54) is 0 Å². The SMILES string of the molecule is C[C@@H](N(C)Cc1nc2ccccc2c(=O)[nH]1)C(C)(C)C. The molecule has 0 saturated carbocycles. The van der Waals surface area contributed by atoms with Crippen LogP contribution >= 0.6 is 0 Å². The average molecular weight is 273 g/mol. The maximum atomic E-state index is 12.0. The fourth-order valence-electron chi connectivity index (χ4n) is 2.24. The van der Waals surface area contributed by atoms with Crippen LogP contribution in [0.5, 0.6) is 0 Å². The van der Waals surface area contributed by atoms with Crippen molar-refractivity contribution >= 4 is 10.9 Å². The fraction of sp³-hybridized carbons (Fsp3) is 0.500. The van der Waals surface area contributed by atoms with Crippen molar-refractivity contribution < 1.29 is 0 Å². The Morgan fingerprint density at radius 2 is 1.95 bits per heavy atom. The molecular weight excluding hydrogens is 250 g/mol. The van der Waals surface area contributed by atoms with Crippen LogP contribution in [0, 0.1) is 5.41 Å². The van der Waals surface area contributed by atoms with Crippen LogP contribution < -0.4 is 5.56 Å². The molecule has 2 rings (SSSR count). The van der Waals surface area contributed by atoms with E-state index < -0.39 is 0 Å².